The summed E-state index contributed by atoms with van der Waals surface area (Å²) >= 11 is 5.79. The third-order valence-electron chi connectivity index (χ3n) is 6.19. The van der Waals surface area contributed by atoms with E-state index in [1.807, 2.05) is 4.90 Å². The number of nitrogens with zero attached hydrogens (tertiary/aromatic N) is 7. The van der Waals surface area contributed by atoms with E-state index in [0.717, 1.165) is 6.42 Å². The van der Waals surface area contributed by atoms with Crippen LogP contribution in [0.25, 0.3) is 17.0 Å². The van der Waals surface area contributed by atoms with Crippen LogP contribution in [-0.4, -0.2) is 87.2 Å². The molecule has 4 heterocycles. The number of anilines is 2. The maximum Gasteiger partial charge on any atom is 0.296 e. The smallest absolute Gasteiger partial charge is 0.296 e. The van der Waals surface area contributed by atoms with Crippen molar-refractivity contribution in [1.29, 1.82) is 0 Å². The molecule has 14 heteroatoms. The molecule has 1 aromatic carbocycles. The second-order valence-corrected chi connectivity index (χ2v) is 8.62. The summed E-state index contributed by atoms with van der Waals surface area (Å²) in [7, 11) is 1.45. The number of methoxy groups -OCH3 is 1. The fraction of sp³-hybridized carbons (Fsp3) is 0.500. The fourth-order valence-electron chi connectivity index (χ4n) is 4.47. The highest BCUT2D eigenvalue weighted by Gasteiger charge is 2.32. The Morgan fingerprint density at radius 1 is 1.19 bits per heavy atom. The summed E-state index contributed by atoms with van der Waals surface area (Å²) in [5.41, 5.74) is 3.73. The van der Waals surface area contributed by atoms with Crippen molar-refractivity contribution in [2.45, 2.75) is 25.3 Å². The van der Waals surface area contributed by atoms with Crippen molar-refractivity contribution in [3.05, 3.63) is 24.0 Å². The van der Waals surface area contributed by atoms with Crippen LogP contribution in [0, 0.1) is 0 Å². The van der Waals surface area contributed by atoms with Crippen molar-refractivity contribution in [2.75, 3.05) is 56.2 Å². The summed E-state index contributed by atoms with van der Waals surface area (Å²) in [5, 5.41) is 1.73. The van der Waals surface area contributed by atoms with Crippen molar-refractivity contribution in [3.63, 3.8) is 0 Å². The molecule has 2 aliphatic rings. The SMILES string of the molecule is COc1cccc2c1nc(C(F)F)n2-c1nc(NN2CCC[C@@H]2C(=O)CCl)nc(N2CCOCC2)n1. The number of rotatable bonds is 8. The minimum Gasteiger partial charge on any atom is -0.494 e. The Kier molecular flexibility index (Phi) is 7.12. The van der Waals surface area contributed by atoms with Gasteiger partial charge in [0.25, 0.3) is 6.43 Å². The normalized spacial score (nSPS) is 18.8. The van der Waals surface area contributed by atoms with Gasteiger partial charge in [0.05, 0.1) is 37.8 Å². The van der Waals surface area contributed by atoms with E-state index >= 15 is 0 Å². The first kappa shape index (κ1) is 24.5. The highest BCUT2D eigenvalue weighted by atomic mass is 35.5. The molecule has 11 nitrogen and oxygen atoms in total. The molecule has 2 aliphatic heterocycles. The number of carbonyl (C=O) groups excluding carboxylic acids is 1. The number of para-hydroxylation sites is 1. The van der Waals surface area contributed by atoms with Gasteiger partial charge in [0.1, 0.15) is 11.3 Å². The second kappa shape index (κ2) is 10.4. The number of halogens is 3. The molecule has 5 rings (SSSR count). The van der Waals surface area contributed by atoms with Crippen LogP contribution in [0.2, 0.25) is 0 Å². The van der Waals surface area contributed by atoms with Crippen LogP contribution in [0.4, 0.5) is 20.7 Å². The van der Waals surface area contributed by atoms with Crippen LogP contribution in [0.1, 0.15) is 25.1 Å². The van der Waals surface area contributed by atoms with Gasteiger partial charge in [-0.2, -0.15) is 15.0 Å². The lowest BCUT2D eigenvalue weighted by Gasteiger charge is -2.28. The Labute approximate surface area is 210 Å². The molecule has 0 radical (unpaired) electrons. The van der Waals surface area contributed by atoms with E-state index in [9.17, 15) is 13.6 Å². The van der Waals surface area contributed by atoms with Crippen molar-refractivity contribution < 1.29 is 23.0 Å². The van der Waals surface area contributed by atoms with Gasteiger partial charge >= 0.3 is 0 Å². The zero-order valence-electron chi connectivity index (χ0n) is 19.5. The van der Waals surface area contributed by atoms with Crippen LogP contribution >= 0.6 is 11.6 Å². The summed E-state index contributed by atoms with van der Waals surface area (Å²) < 4.78 is 40.3. The molecule has 1 atom stereocenters. The number of hydrogen-bond donors (Lipinski definition) is 1. The monoisotopic (exact) mass is 522 g/mol. The van der Waals surface area contributed by atoms with Gasteiger partial charge in [0, 0.05) is 19.6 Å². The van der Waals surface area contributed by atoms with E-state index in [-0.39, 0.29) is 29.1 Å². The number of ether oxygens (including phenoxy) is 2. The minimum atomic E-state index is -2.90. The molecule has 2 aromatic heterocycles. The summed E-state index contributed by atoms with van der Waals surface area (Å²) in [4.78, 5) is 31.9. The van der Waals surface area contributed by atoms with Crippen LogP contribution in [0.5, 0.6) is 5.75 Å². The number of nitrogens with one attached hydrogen (secondary N) is 1. The Bertz CT molecular complexity index is 1250. The lowest BCUT2D eigenvalue weighted by molar-refractivity contribution is -0.120. The number of aromatic nitrogens is 5. The number of benzene rings is 1. The van der Waals surface area contributed by atoms with Gasteiger partial charge in [-0.15, -0.1) is 11.6 Å². The number of Topliss-reactive ketones (excluding diaryl/α,β-unsaturated/α-hetero) is 1. The molecular formula is C22H25ClF2N8O3. The highest BCUT2D eigenvalue weighted by molar-refractivity contribution is 6.28. The first-order valence-electron chi connectivity index (χ1n) is 11.5. The van der Waals surface area contributed by atoms with Crippen molar-refractivity contribution >= 4 is 40.3 Å². The van der Waals surface area contributed by atoms with E-state index in [1.54, 1.807) is 23.2 Å². The maximum atomic E-state index is 14.2. The lowest BCUT2D eigenvalue weighted by atomic mass is 10.1. The second-order valence-electron chi connectivity index (χ2n) is 8.36. The third-order valence-corrected chi connectivity index (χ3v) is 6.46. The molecule has 2 saturated heterocycles. The van der Waals surface area contributed by atoms with Crippen molar-refractivity contribution in [1.82, 2.24) is 29.5 Å². The lowest BCUT2D eigenvalue weighted by Crippen LogP contribution is -2.42. The Hall–Kier alpha value is -3.16. The summed E-state index contributed by atoms with van der Waals surface area (Å²) in [6.07, 6.45) is -1.46. The van der Waals surface area contributed by atoms with Gasteiger partial charge in [0.2, 0.25) is 17.8 Å². The van der Waals surface area contributed by atoms with Crippen molar-refractivity contribution in [3.8, 4) is 11.7 Å². The van der Waals surface area contributed by atoms with Gasteiger partial charge in [-0.25, -0.2) is 18.8 Å². The summed E-state index contributed by atoms with van der Waals surface area (Å²) in [6.45, 7) is 2.60. The Morgan fingerprint density at radius 2 is 1.97 bits per heavy atom. The Balaban J connectivity index is 1.63. The van der Waals surface area contributed by atoms with Gasteiger partial charge in [-0.05, 0) is 25.0 Å². The molecule has 2 fully saturated rings. The zero-order valence-corrected chi connectivity index (χ0v) is 20.3. The maximum absolute atomic E-state index is 14.2. The number of hydrogen-bond acceptors (Lipinski definition) is 10. The minimum absolute atomic E-state index is 0.0283. The van der Waals surface area contributed by atoms with Gasteiger partial charge in [-0.3, -0.25) is 14.8 Å². The largest absolute Gasteiger partial charge is 0.494 e. The van der Waals surface area contributed by atoms with Crippen LogP contribution in [0.3, 0.4) is 0 Å². The number of imidazole rings is 1. The standard InChI is InChI=1S/C22H25ClF2N8O3/c1-35-16-6-2-4-14-17(16)26-19(18(24)25)33(14)22-28-20(27-21(29-22)31-8-10-36-11-9-31)30-32-7-3-5-13(32)15(34)12-23/h2,4,6,13,18H,3,5,7-12H2,1H3,(H,27,28,29,30)/t13-/m1/s1. The van der Waals surface area contributed by atoms with Gasteiger partial charge < -0.3 is 14.4 Å². The van der Waals surface area contributed by atoms with Gasteiger partial charge in [0.15, 0.2) is 11.6 Å². The van der Waals surface area contributed by atoms with E-state index in [4.69, 9.17) is 21.1 Å². The molecule has 0 amide bonds. The van der Waals surface area contributed by atoms with Crippen LogP contribution < -0.4 is 15.1 Å². The van der Waals surface area contributed by atoms with Crippen molar-refractivity contribution in [2.24, 2.45) is 0 Å². The molecule has 3 aromatic rings. The van der Waals surface area contributed by atoms with Gasteiger partial charge in [-0.1, -0.05) is 6.07 Å². The van der Waals surface area contributed by atoms with E-state index in [1.165, 1.54) is 11.7 Å². The first-order valence-corrected chi connectivity index (χ1v) is 12.1. The van der Waals surface area contributed by atoms with E-state index in [0.29, 0.717) is 56.5 Å². The average Bonchev–Trinajstić information content (AvgIpc) is 3.53. The molecule has 0 unspecified atom stereocenters. The first-order chi connectivity index (χ1) is 17.5. The highest BCUT2D eigenvalue weighted by Crippen LogP contribution is 2.32. The molecule has 36 heavy (non-hydrogen) atoms. The summed E-state index contributed by atoms with van der Waals surface area (Å²) in [6, 6.07) is 4.56. The predicted octanol–water partition coefficient (Wildman–Crippen LogP) is 2.59. The Morgan fingerprint density at radius 3 is 2.69 bits per heavy atom. The van der Waals surface area contributed by atoms with E-state index in [2.05, 4.69) is 25.4 Å². The fourth-order valence-corrected chi connectivity index (χ4v) is 4.65. The molecule has 0 spiro atoms. The number of ketones is 1. The molecule has 192 valence electrons. The predicted molar refractivity (Wildman–Crippen MR) is 128 cm³/mol. The number of hydrazine groups is 1. The van der Waals surface area contributed by atoms with Crippen LogP contribution in [0.15, 0.2) is 18.2 Å². The summed E-state index contributed by atoms with van der Waals surface area (Å²) in [5.74, 6) is 0.0158. The van der Waals surface area contributed by atoms with E-state index < -0.39 is 18.3 Å². The zero-order chi connectivity index (χ0) is 25.2. The number of carbonyl (C=O) groups is 1. The number of alkyl halides is 3. The average molecular weight is 523 g/mol. The number of morpholine rings is 1. The van der Waals surface area contributed by atoms with Crippen LogP contribution in [-0.2, 0) is 9.53 Å². The topological polar surface area (TPSA) is 111 Å². The third kappa shape index (κ3) is 4.65. The molecule has 0 saturated carbocycles. The quantitative estimate of drug-likeness (QED) is 0.443. The number of fused-ring (bicyclic) bond motifs is 1. The molecule has 0 bridgehead atoms. The molecule has 1 N–H and O–H groups in total. The molecular weight excluding hydrogens is 498 g/mol. The molecule has 0 aliphatic carbocycles.